The van der Waals surface area contributed by atoms with Crippen molar-refractivity contribution in [2.75, 3.05) is 11.9 Å². The van der Waals surface area contributed by atoms with Gasteiger partial charge in [-0.1, -0.05) is 30.3 Å². The van der Waals surface area contributed by atoms with Gasteiger partial charge >= 0.3 is 11.8 Å². The molecule has 2 rings (SSSR count). The number of rotatable bonds is 4. The van der Waals surface area contributed by atoms with E-state index in [1.54, 1.807) is 30.3 Å². The Morgan fingerprint density at radius 2 is 1.71 bits per heavy atom. The molecule has 0 aromatic heterocycles. The van der Waals surface area contributed by atoms with Gasteiger partial charge in [0.1, 0.15) is 5.60 Å². The molecule has 1 unspecified atom stereocenters. The summed E-state index contributed by atoms with van der Waals surface area (Å²) >= 11 is 0. The van der Waals surface area contributed by atoms with Crippen LogP contribution in [0.15, 0.2) is 48.5 Å². The van der Waals surface area contributed by atoms with Crippen molar-refractivity contribution in [2.24, 2.45) is 0 Å². The maximum absolute atomic E-state index is 13.1. The first kappa shape index (κ1) is 17.6. The summed E-state index contributed by atoms with van der Waals surface area (Å²) in [6.07, 6.45) is 0. The maximum atomic E-state index is 13.1. The molecule has 0 aliphatic heterocycles. The molecule has 126 valence electrons. The second-order valence-corrected chi connectivity index (χ2v) is 5.41. The van der Waals surface area contributed by atoms with Crippen LogP contribution in [-0.4, -0.2) is 23.5 Å². The fourth-order valence-electron chi connectivity index (χ4n) is 1.99. The molecule has 0 radical (unpaired) electrons. The van der Waals surface area contributed by atoms with Gasteiger partial charge in [0.2, 0.25) is 0 Å². The first-order valence-electron chi connectivity index (χ1n) is 7.12. The number of hydrogen-bond donors (Lipinski definition) is 3. The van der Waals surface area contributed by atoms with Crippen LogP contribution in [0.4, 0.5) is 14.5 Å². The Bertz CT molecular complexity index is 749. The number of benzene rings is 2. The fourth-order valence-corrected chi connectivity index (χ4v) is 1.99. The molecule has 0 bridgehead atoms. The maximum Gasteiger partial charge on any atom is 0.313 e. The molecule has 24 heavy (non-hydrogen) atoms. The van der Waals surface area contributed by atoms with Gasteiger partial charge in [0.25, 0.3) is 0 Å². The molecule has 0 saturated heterocycles. The molecule has 5 nitrogen and oxygen atoms in total. The smallest absolute Gasteiger partial charge is 0.313 e. The van der Waals surface area contributed by atoms with Crippen LogP contribution in [0.5, 0.6) is 0 Å². The highest BCUT2D eigenvalue weighted by Gasteiger charge is 2.25. The number of hydrogen-bond acceptors (Lipinski definition) is 3. The van der Waals surface area contributed by atoms with Gasteiger partial charge in [0.15, 0.2) is 11.6 Å². The molecule has 0 aliphatic rings. The van der Waals surface area contributed by atoms with E-state index < -0.39 is 29.0 Å². The number of anilines is 1. The van der Waals surface area contributed by atoms with Gasteiger partial charge in [0, 0.05) is 11.8 Å². The molecule has 0 heterocycles. The largest absolute Gasteiger partial charge is 0.384 e. The van der Waals surface area contributed by atoms with E-state index in [1.807, 2.05) is 0 Å². The third-order valence-corrected chi connectivity index (χ3v) is 3.37. The van der Waals surface area contributed by atoms with Gasteiger partial charge in [-0.25, -0.2) is 8.78 Å². The Balaban J connectivity index is 1.94. The van der Waals surface area contributed by atoms with Gasteiger partial charge in [0.05, 0.1) is 6.54 Å². The Morgan fingerprint density at radius 1 is 1.04 bits per heavy atom. The Hall–Kier alpha value is -2.80. The summed E-state index contributed by atoms with van der Waals surface area (Å²) in [4.78, 5) is 23.5. The van der Waals surface area contributed by atoms with Crippen molar-refractivity contribution in [2.45, 2.75) is 12.5 Å². The molecule has 0 saturated carbocycles. The highest BCUT2D eigenvalue weighted by Crippen LogP contribution is 2.19. The lowest BCUT2D eigenvalue weighted by Crippen LogP contribution is -2.43. The lowest BCUT2D eigenvalue weighted by Gasteiger charge is -2.24. The minimum Gasteiger partial charge on any atom is -0.384 e. The average molecular weight is 334 g/mol. The summed E-state index contributed by atoms with van der Waals surface area (Å²) < 4.78 is 25.9. The first-order chi connectivity index (χ1) is 11.3. The van der Waals surface area contributed by atoms with E-state index in [0.29, 0.717) is 5.56 Å². The number of carbonyl (C=O) groups excluding carboxylic acids is 2. The monoisotopic (exact) mass is 334 g/mol. The van der Waals surface area contributed by atoms with Gasteiger partial charge in [-0.2, -0.15) is 0 Å². The normalized spacial score (nSPS) is 13.0. The third-order valence-electron chi connectivity index (χ3n) is 3.37. The zero-order valence-corrected chi connectivity index (χ0v) is 12.8. The lowest BCUT2D eigenvalue weighted by molar-refractivity contribution is -0.136. The fraction of sp³-hybridized carbons (Fsp3) is 0.176. The minimum atomic E-state index is -1.36. The van der Waals surface area contributed by atoms with Gasteiger partial charge in [-0.3, -0.25) is 9.59 Å². The van der Waals surface area contributed by atoms with Crippen LogP contribution < -0.4 is 10.6 Å². The van der Waals surface area contributed by atoms with E-state index in [4.69, 9.17) is 0 Å². The molecule has 1 atom stereocenters. The molecular weight excluding hydrogens is 318 g/mol. The number of aliphatic hydroxyl groups is 1. The van der Waals surface area contributed by atoms with Crippen molar-refractivity contribution in [3.05, 3.63) is 65.7 Å². The predicted octanol–water partition coefficient (Wildman–Crippen LogP) is 1.93. The van der Waals surface area contributed by atoms with Crippen LogP contribution in [0.2, 0.25) is 0 Å². The van der Waals surface area contributed by atoms with E-state index in [2.05, 4.69) is 10.6 Å². The number of amides is 2. The van der Waals surface area contributed by atoms with Crippen molar-refractivity contribution in [3.8, 4) is 0 Å². The van der Waals surface area contributed by atoms with Crippen LogP contribution in [0.3, 0.4) is 0 Å². The second kappa shape index (κ2) is 7.18. The number of carbonyl (C=O) groups is 2. The molecule has 7 heteroatoms. The van der Waals surface area contributed by atoms with E-state index in [1.165, 1.54) is 6.92 Å². The average Bonchev–Trinajstić information content (AvgIpc) is 2.57. The summed E-state index contributed by atoms with van der Waals surface area (Å²) in [5, 5.41) is 14.8. The zero-order valence-electron chi connectivity index (χ0n) is 12.8. The van der Waals surface area contributed by atoms with Crippen LogP contribution in [0.1, 0.15) is 12.5 Å². The van der Waals surface area contributed by atoms with Crippen molar-refractivity contribution in [1.82, 2.24) is 5.32 Å². The zero-order chi connectivity index (χ0) is 17.7. The quantitative estimate of drug-likeness (QED) is 0.748. The Morgan fingerprint density at radius 3 is 2.33 bits per heavy atom. The number of nitrogens with one attached hydrogen (secondary N) is 2. The molecule has 0 fully saturated rings. The van der Waals surface area contributed by atoms with Crippen molar-refractivity contribution < 1.29 is 23.5 Å². The van der Waals surface area contributed by atoms with Crippen molar-refractivity contribution >= 4 is 17.5 Å². The molecule has 3 N–H and O–H groups in total. The lowest BCUT2D eigenvalue weighted by atomic mass is 9.96. The van der Waals surface area contributed by atoms with E-state index in [-0.39, 0.29) is 12.2 Å². The summed E-state index contributed by atoms with van der Waals surface area (Å²) in [6, 6.07) is 11.4. The summed E-state index contributed by atoms with van der Waals surface area (Å²) in [5.41, 5.74) is -0.839. The van der Waals surface area contributed by atoms with E-state index in [0.717, 1.165) is 18.2 Å². The molecule has 0 aliphatic carbocycles. The SMILES string of the molecule is CC(O)(CNC(=O)C(=O)Nc1ccc(F)c(F)c1)c1ccccc1. The molecular formula is C17H16F2N2O3. The standard InChI is InChI=1S/C17H16F2N2O3/c1-17(24,11-5-3-2-4-6-11)10-20-15(22)16(23)21-12-7-8-13(18)14(19)9-12/h2-9,24H,10H2,1H3,(H,20,22)(H,21,23). The van der Waals surface area contributed by atoms with Gasteiger partial charge < -0.3 is 15.7 Å². The summed E-state index contributed by atoms with van der Waals surface area (Å²) in [6.45, 7) is 1.30. The molecule has 2 aromatic carbocycles. The van der Waals surface area contributed by atoms with Crippen molar-refractivity contribution in [1.29, 1.82) is 0 Å². The first-order valence-corrected chi connectivity index (χ1v) is 7.12. The van der Waals surface area contributed by atoms with Crippen LogP contribution in [0, 0.1) is 11.6 Å². The number of halogens is 2. The Kier molecular flexibility index (Phi) is 5.25. The van der Waals surface area contributed by atoms with Gasteiger partial charge in [-0.05, 0) is 24.6 Å². The minimum absolute atomic E-state index is 0.0520. The second-order valence-electron chi connectivity index (χ2n) is 5.41. The topological polar surface area (TPSA) is 78.4 Å². The van der Waals surface area contributed by atoms with Gasteiger partial charge in [-0.15, -0.1) is 0 Å². The highest BCUT2D eigenvalue weighted by atomic mass is 19.2. The predicted molar refractivity (Wildman–Crippen MR) is 84.0 cm³/mol. The van der Waals surface area contributed by atoms with Crippen LogP contribution >= 0.6 is 0 Å². The Labute approximate surface area is 137 Å². The molecule has 2 amide bonds. The summed E-state index contributed by atoms with van der Waals surface area (Å²) in [7, 11) is 0. The third kappa shape index (κ3) is 4.36. The van der Waals surface area contributed by atoms with E-state index >= 15 is 0 Å². The molecule has 0 spiro atoms. The highest BCUT2D eigenvalue weighted by molar-refractivity contribution is 6.39. The summed E-state index contributed by atoms with van der Waals surface area (Å²) in [5.74, 6) is -4.25. The van der Waals surface area contributed by atoms with Crippen molar-refractivity contribution in [3.63, 3.8) is 0 Å². The molecule has 2 aromatic rings. The van der Waals surface area contributed by atoms with Crippen LogP contribution in [-0.2, 0) is 15.2 Å². The van der Waals surface area contributed by atoms with Crippen LogP contribution in [0.25, 0.3) is 0 Å². The van der Waals surface area contributed by atoms with E-state index in [9.17, 15) is 23.5 Å².